The van der Waals surface area contributed by atoms with Crippen LogP contribution in [0.3, 0.4) is 0 Å². The van der Waals surface area contributed by atoms with E-state index < -0.39 is 90.8 Å². The molecule has 2 bridgehead atoms. The minimum Gasteiger partial charge on any atom is -0.462 e. The molecule has 0 unspecified atom stereocenters. The maximum Gasteiger partial charge on any atom is 0.316 e. The fraction of sp³-hybridized carbons (Fsp3) is 0.816. The lowest BCUT2D eigenvalue weighted by molar-refractivity contribution is -0.318. The first-order chi connectivity index (χ1) is 30.0. The summed E-state index contributed by atoms with van der Waals surface area (Å²) in [5.74, 6) is -2.05. The van der Waals surface area contributed by atoms with Crippen molar-refractivity contribution in [1.29, 1.82) is 0 Å². The Bertz CT molecular complexity index is 1690. The Balaban J connectivity index is 1.17. The molecule has 5 saturated heterocycles. The van der Waals surface area contributed by atoms with Gasteiger partial charge in [-0.3, -0.25) is 4.79 Å². The van der Waals surface area contributed by atoms with Gasteiger partial charge < -0.3 is 62.7 Å². The molecular formula is C49H76O14. The lowest BCUT2D eigenvalue weighted by Gasteiger charge is -2.46. The van der Waals surface area contributed by atoms with Gasteiger partial charge in [-0.15, -0.1) is 0 Å². The van der Waals surface area contributed by atoms with E-state index in [1.165, 1.54) is 0 Å². The molecule has 0 radical (unpaired) electrons. The van der Waals surface area contributed by atoms with E-state index in [4.69, 9.17) is 47.4 Å². The van der Waals surface area contributed by atoms with Gasteiger partial charge in [0.15, 0.2) is 18.4 Å². The predicted octanol–water partition coefficient (Wildman–Crippen LogP) is 5.85. The van der Waals surface area contributed by atoms with Crippen LogP contribution in [0.2, 0.25) is 0 Å². The third kappa shape index (κ3) is 10.3. The van der Waals surface area contributed by atoms with E-state index in [-0.39, 0.29) is 30.7 Å². The Morgan fingerprint density at radius 1 is 0.952 bits per heavy atom. The molecule has 1 aliphatic carbocycles. The minimum atomic E-state index is -1.83. The predicted molar refractivity (Wildman–Crippen MR) is 232 cm³/mol. The first-order valence-electron chi connectivity index (χ1n) is 23.6. The minimum absolute atomic E-state index is 0.00751. The van der Waals surface area contributed by atoms with Gasteiger partial charge in [-0.25, -0.2) is 0 Å². The number of esters is 1. The average Bonchev–Trinajstić information content (AvgIpc) is 3.50. The molecule has 14 nitrogen and oxygen atoms in total. The zero-order chi connectivity index (χ0) is 45.4. The van der Waals surface area contributed by atoms with Gasteiger partial charge in [-0.1, -0.05) is 64.5 Å². The Morgan fingerprint density at radius 2 is 1.67 bits per heavy atom. The summed E-state index contributed by atoms with van der Waals surface area (Å²) in [7, 11) is 3.23. The quantitative estimate of drug-likeness (QED) is 0.196. The molecule has 1 spiro atoms. The molecule has 0 saturated carbocycles. The van der Waals surface area contributed by atoms with Crippen LogP contribution in [0.4, 0.5) is 0 Å². The molecule has 3 N–H and O–H groups in total. The lowest BCUT2D eigenvalue weighted by Crippen LogP contribution is -2.57. The van der Waals surface area contributed by atoms with Crippen molar-refractivity contribution < 1.29 is 67.5 Å². The molecular weight excluding hydrogens is 813 g/mol. The molecule has 0 aromatic carbocycles. The third-order valence-electron chi connectivity index (χ3n) is 15.3. The van der Waals surface area contributed by atoms with E-state index in [0.29, 0.717) is 68.1 Å². The van der Waals surface area contributed by atoms with Crippen LogP contribution >= 0.6 is 0 Å². The molecule has 6 heterocycles. The molecule has 0 amide bonds. The molecule has 63 heavy (non-hydrogen) atoms. The molecule has 5 fully saturated rings. The summed E-state index contributed by atoms with van der Waals surface area (Å²) < 4.78 is 63.9. The summed E-state index contributed by atoms with van der Waals surface area (Å²) in [6.45, 7) is 16.8. The van der Waals surface area contributed by atoms with Gasteiger partial charge in [0.25, 0.3) is 0 Å². The van der Waals surface area contributed by atoms with Crippen LogP contribution in [0.1, 0.15) is 107 Å². The average molecular weight is 889 g/mol. The van der Waals surface area contributed by atoms with E-state index in [1.807, 2.05) is 19.1 Å². The number of hydrogen-bond donors (Lipinski definition) is 3. The van der Waals surface area contributed by atoms with Gasteiger partial charge in [0.2, 0.25) is 0 Å². The molecule has 14 heteroatoms. The fourth-order valence-electron chi connectivity index (χ4n) is 11.1. The van der Waals surface area contributed by atoms with Crippen LogP contribution in [0.5, 0.6) is 0 Å². The lowest BCUT2D eigenvalue weighted by atomic mass is 9.71. The highest BCUT2D eigenvalue weighted by Gasteiger charge is 2.60. The molecule has 7 aliphatic rings. The second kappa shape index (κ2) is 20.4. The van der Waals surface area contributed by atoms with Gasteiger partial charge >= 0.3 is 5.97 Å². The number of hydrogen-bond acceptors (Lipinski definition) is 14. The van der Waals surface area contributed by atoms with Crippen molar-refractivity contribution in [2.24, 2.45) is 29.6 Å². The van der Waals surface area contributed by atoms with Crippen molar-refractivity contribution in [2.45, 2.75) is 198 Å². The Labute approximate surface area is 374 Å². The van der Waals surface area contributed by atoms with Crippen molar-refractivity contribution in [3.05, 3.63) is 47.1 Å². The van der Waals surface area contributed by atoms with E-state index in [9.17, 15) is 20.1 Å². The number of fused-ring (bicyclic) bond motifs is 2. The fourth-order valence-corrected chi connectivity index (χ4v) is 11.1. The van der Waals surface area contributed by atoms with Crippen molar-refractivity contribution in [3.63, 3.8) is 0 Å². The summed E-state index contributed by atoms with van der Waals surface area (Å²) in [6, 6.07) is 0. The number of methoxy groups -OCH3 is 2. The third-order valence-corrected chi connectivity index (χ3v) is 15.3. The van der Waals surface area contributed by atoms with Crippen molar-refractivity contribution >= 4 is 5.97 Å². The van der Waals surface area contributed by atoms with Crippen molar-refractivity contribution in [2.75, 3.05) is 27.4 Å². The second-order valence-corrected chi connectivity index (χ2v) is 19.8. The van der Waals surface area contributed by atoms with E-state index in [0.717, 1.165) is 18.4 Å². The number of aliphatic hydroxyl groups is 3. The SMILES string of the molecule is CC[C@H](C)[C@H]1O[C@]2(CC[C@@H]1C)C[C@@H]1C[C@@H](C/C=C(\C)[C@@H](O[C@H]3C[C@H](OC)[C@@H](O[C@H]4C[C@H](OC)[C@@H](O)[C@H](C)O4)[C@H](C)O3)[C@@H](C)/C=C/C=C3\CO[C@@H]4[C@H](O)C(C)=C[C@@H](C(=O)O1)[C@]34O)CO2. The van der Waals surface area contributed by atoms with Crippen LogP contribution in [0.25, 0.3) is 0 Å². The highest BCUT2D eigenvalue weighted by atomic mass is 16.7. The van der Waals surface area contributed by atoms with Crippen LogP contribution < -0.4 is 0 Å². The number of carbonyl (C=O) groups is 1. The summed E-state index contributed by atoms with van der Waals surface area (Å²) in [6.07, 6.45) is 7.27. The Morgan fingerprint density at radius 3 is 2.40 bits per heavy atom. The van der Waals surface area contributed by atoms with Gasteiger partial charge in [0.05, 0.1) is 49.8 Å². The number of rotatable bonds is 8. The van der Waals surface area contributed by atoms with Gasteiger partial charge in [-0.05, 0) is 81.4 Å². The van der Waals surface area contributed by atoms with Crippen molar-refractivity contribution in [3.8, 4) is 0 Å². The zero-order valence-corrected chi connectivity index (χ0v) is 39.2. The van der Waals surface area contributed by atoms with Gasteiger partial charge in [0.1, 0.15) is 42.0 Å². The highest BCUT2D eigenvalue weighted by Crippen LogP contribution is 2.47. The monoisotopic (exact) mass is 889 g/mol. The molecule has 356 valence electrons. The summed E-state index contributed by atoms with van der Waals surface area (Å²) >= 11 is 0. The van der Waals surface area contributed by atoms with Crippen LogP contribution in [0.15, 0.2) is 47.1 Å². The van der Waals surface area contributed by atoms with E-state index in [1.54, 1.807) is 40.2 Å². The number of carbonyl (C=O) groups excluding carboxylic acids is 1. The van der Waals surface area contributed by atoms with Gasteiger partial charge in [0, 0.05) is 45.8 Å². The first-order valence-corrected chi connectivity index (χ1v) is 23.6. The van der Waals surface area contributed by atoms with Crippen LogP contribution in [0, 0.1) is 29.6 Å². The van der Waals surface area contributed by atoms with Crippen LogP contribution in [-0.4, -0.2) is 140 Å². The number of aliphatic hydroxyl groups excluding tert-OH is 2. The topological polar surface area (TPSA) is 170 Å². The van der Waals surface area contributed by atoms with Crippen LogP contribution in [-0.2, 0) is 52.2 Å². The second-order valence-electron chi connectivity index (χ2n) is 19.8. The Kier molecular flexibility index (Phi) is 15.9. The molecule has 7 rings (SSSR count). The largest absolute Gasteiger partial charge is 0.462 e. The maximum absolute atomic E-state index is 14.5. The Hall–Kier alpha value is -2.05. The molecule has 0 aromatic heterocycles. The zero-order valence-electron chi connectivity index (χ0n) is 39.2. The summed E-state index contributed by atoms with van der Waals surface area (Å²) in [4.78, 5) is 14.5. The van der Waals surface area contributed by atoms with Gasteiger partial charge in [-0.2, -0.15) is 0 Å². The van der Waals surface area contributed by atoms with Crippen molar-refractivity contribution in [1.82, 2.24) is 0 Å². The van der Waals surface area contributed by atoms with E-state index >= 15 is 0 Å². The summed E-state index contributed by atoms with van der Waals surface area (Å²) in [5, 5.41) is 34.3. The first kappa shape index (κ1) is 48.9. The van der Waals surface area contributed by atoms with E-state index in [2.05, 4.69) is 40.7 Å². The smallest absolute Gasteiger partial charge is 0.316 e. The maximum atomic E-state index is 14.5. The molecule has 6 aliphatic heterocycles. The molecule has 0 aromatic rings. The number of allylic oxidation sites excluding steroid dienone is 3. The normalized spacial score (nSPS) is 49.0. The highest BCUT2D eigenvalue weighted by molar-refractivity contribution is 5.78. The standard InChI is InChI=1S/C49H76O14/c1-11-26(2)44-29(5)17-18-48(63-44)23-35-20-33(24-57-48)16-15-28(4)43(27(3)13-12-14-34-25-56-46-41(50)30(6)19-36(47(52)60-35)49(34,46)53)61-40-22-38(55-10)45(32(8)59-40)62-39-21-37(54-9)42(51)31(7)58-39/h12-15,19,26-27,29,31-33,35-46,50-51,53H,11,16-18,20-25H2,1-10H3/b13-12+,28-15+,34-14+/t26-,27-,29-,31-,32-,33+,35-,36-,37-,38-,39-,40-,41+,42-,43-,44+,45-,46+,48+,49+/m0/s1. The molecule has 20 atom stereocenters. The number of ether oxygens (including phenoxy) is 10. The summed E-state index contributed by atoms with van der Waals surface area (Å²) in [5.41, 5.74) is 0.220.